The molecule has 2 unspecified atom stereocenters. The lowest BCUT2D eigenvalue weighted by Gasteiger charge is -2.14. The van der Waals surface area contributed by atoms with E-state index in [1.54, 1.807) is 0 Å². The molecule has 0 nitrogen and oxygen atoms in total. The monoisotopic (exact) mass is 182 g/mol. The van der Waals surface area contributed by atoms with Gasteiger partial charge in [-0.25, -0.2) is 0 Å². The highest BCUT2D eigenvalue weighted by molar-refractivity contribution is 4.76. The molecule has 0 aromatic rings. The molecule has 2 atom stereocenters. The molecule has 1 fully saturated rings. The Morgan fingerprint density at radius 2 is 1.23 bits per heavy atom. The van der Waals surface area contributed by atoms with Crippen molar-refractivity contribution >= 4 is 0 Å². The van der Waals surface area contributed by atoms with Gasteiger partial charge in [-0.3, -0.25) is 0 Å². The summed E-state index contributed by atoms with van der Waals surface area (Å²) < 4.78 is 0. The highest BCUT2D eigenvalue weighted by Gasteiger charge is 2.25. The molecule has 0 amide bonds. The molecule has 0 N–H and O–H groups in total. The zero-order valence-corrected chi connectivity index (χ0v) is 9.84. The Morgan fingerprint density at radius 1 is 0.846 bits per heavy atom. The summed E-state index contributed by atoms with van der Waals surface area (Å²) in [6.07, 6.45) is 7.48. The second kappa shape index (κ2) is 5.02. The molecule has 78 valence electrons. The van der Waals surface area contributed by atoms with Crippen molar-refractivity contribution in [3.05, 3.63) is 0 Å². The first-order valence-electron chi connectivity index (χ1n) is 6.08. The Balaban J connectivity index is 2.20. The SMILES string of the molecule is CC(C)CC1CCC(CC(C)C)C1. The third-order valence-electron chi connectivity index (χ3n) is 3.26. The van der Waals surface area contributed by atoms with Crippen LogP contribution in [0.2, 0.25) is 0 Å². The lowest BCUT2D eigenvalue weighted by molar-refractivity contribution is 0.372. The molecular weight excluding hydrogens is 156 g/mol. The van der Waals surface area contributed by atoms with E-state index in [-0.39, 0.29) is 0 Å². The van der Waals surface area contributed by atoms with E-state index in [9.17, 15) is 0 Å². The molecule has 1 rings (SSSR count). The molecule has 0 aromatic heterocycles. The van der Waals surface area contributed by atoms with Crippen molar-refractivity contribution in [1.29, 1.82) is 0 Å². The maximum atomic E-state index is 2.36. The van der Waals surface area contributed by atoms with E-state index < -0.39 is 0 Å². The van der Waals surface area contributed by atoms with Crippen LogP contribution in [0.4, 0.5) is 0 Å². The molecule has 0 spiro atoms. The lowest BCUT2D eigenvalue weighted by atomic mass is 9.92. The van der Waals surface area contributed by atoms with Gasteiger partial charge in [-0.05, 0) is 42.9 Å². The van der Waals surface area contributed by atoms with Crippen molar-refractivity contribution in [1.82, 2.24) is 0 Å². The lowest BCUT2D eigenvalue weighted by Crippen LogP contribution is -2.03. The molecular formula is C13H26. The average Bonchev–Trinajstić information content (AvgIpc) is 2.33. The van der Waals surface area contributed by atoms with Gasteiger partial charge in [-0.2, -0.15) is 0 Å². The van der Waals surface area contributed by atoms with Crippen LogP contribution in [0.1, 0.15) is 59.8 Å². The minimum Gasteiger partial charge on any atom is -0.0628 e. The minimum atomic E-state index is 0.905. The summed E-state index contributed by atoms with van der Waals surface area (Å²) in [7, 11) is 0. The van der Waals surface area contributed by atoms with Crippen LogP contribution in [0.3, 0.4) is 0 Å². The predicted molar refractivity (Wildman–Crippen MR) is 59.7 cm³/mol. The molecule has 0 saturated heterocycles. The third-order valence-corrected chi connectivity index (χ3v) is 3.26. The molecule has 1 saturated carbocycles. The molecule has 13 heavy (non-hydrogen) atoms. The van der Waals surface area contributed by atoms with E-state index in [4.69, 9.17) is 0 Å². The van der Waals surface area contributed by atoms with Crippen LogP contribution in [0.25, 0.3) is 0 Å². The molecule has 1 aliphatic rings. The summed E-state index contributed by atoms with van der Waals surface area (Å²) in [5.41, 5.74) is 0. The Labute approximate surface area is 84.1 Å². The summed E-state index contributed by atoms with van der Waals surface area (Å²) in [5, 5.41) is 0. The molecule has 1 aliphatic carbocycles. The van der Waals surface area contributed by atoms with Gasteiger partial charge in [0.2, 0.25) is 0 Å². The number of hydrogen-bond donors (Lipinski definition) is 0. The van der Waals surface area contributed by atoms with Crippen LogP contribution in [0, 0.1) is 23.7 Å². The van der Waals surface area contributed by atoms with Crippen LogP contribution in [-0.4, -0.2) is 0 Å². The van der Waals surface area contributed by atoms with Crippen molar-refractivity contribution in [2.24, 2.45) is 23.7 Å². The number of hydrogen-bond acceptors (Lipinski definition) is 0. The summed E-state index contributed by atoms with van der Waals surface area (Å²) in [6.45, 7) is 9.43. The van der Waals surface area contributed by atoms with Crippen molar-refractivity contribution < 1.29 is 0 Å². The van der Waals surface area contributed by atoms with E-state index in [0.29, 0.717) is 0 Å². The smallest absolute Gasteiger partial charge is 0.0409 e. The van der Waals surface area contributed by atoms with Crippen LogP contribution in [0.15, 0.2) is 0 Å². The maximum absolute atomic E-state index is 2.36. The second-order valence-electron chi connectivity index (χ2n) is 5.80. The van der Waals surface area contributed by atoms with E-state index in [1.165, 1.54) is 32.1 Å². The zero-order chi connectivity index (χ0) is 9.84. The van der Waals surface area contributed by atoms with Gasteiger partial charge in [0.15, 0.2) is 0 Å². The largest absolute Gasteiger partial charge is 0.0628 e. The van der Waals surface area contributed by atoms with Crippen LogP contribution < -0.4 is 0 Å². The highest BCUT2D eigenvalue weighted by Crippen LogP contribution is 2.37. The van der Waals surface area contributed by atoms with Crippen molar-refractivity contribution in [3.8, 4) is 0 Å². The maximum Gasteiger partial charge on any atom is -0.0409 e. The van der Waals surface area contributed by atoms with Crippen LogP contribution in [-0.2, 0) is 0 Å². The van der Waals surface area contributed by atoms with Gasteiger partial charge in [-0.15, -0.1) is 0 Å². The van der Waals surface area contributed by atoms with Gasteiger partial charge in [0.05, 0.1) is 0 Å². The standard InChI is InChI=1S/C13H26/c1-10(2)7-12-5-6-13(9-12)8-11(3)4/h10-13H,5-9H2,1-4H3. The molecule has 0 bridgehead atoms. The quantitative estimate of drug-likeness (QED) is 0.600. The minimum absolute atomic E-state index is 0.905. The second-order valence-corrected chi connectivity index (χ2v) is 5.80. The van der Waals surface area contributed by atoms with E-state index in [2.05, 4.69) is 27.7 Å². The fourth-order valence-electron chi connectivity index (χ4n) is 2.94. The first-order chi connectivity index (χ1) is 6.08. The zero-order valence-electron chi connectivity index (χ0n) is 9.84. The fourth-order valence-corrected chi connectivity index (χ4v) is 2.94. The Bertz CT molecular complexity index is 119. The molecule has 0 aliphatic heterocycles. The Kier molecular flexibility index (Phi) is 4.28. The molecule has 0 heterocycles. The fraction of sp³-hybridized carbons (Fsp3) is 1.00. The Hall–Kier alpha value is 0. The first-order valence-corrected chi connectivity index (χ1v) is 6.08. The average molecular weight is 182 g/mol. The third kappa shape index (κ3) is 4.15. The van der Waals surface area contributed by atoms with Gasteiger partial charge in [0.25, 0.3) is 0 Å². The van der Waals surface area contributed by atoms with Crippen molar-refractivity contribution in [2.45, 2.75) is 59.8 Å². The predicted octanol–water partition coefficient (Wildman–Crippen LogP) is 4.49. The van der Waals surface area contributed by atoms with Gasteiger partial charge in [0, 0.05) is 0 Å². The first kappa shape index (κ1) is 11.1. The van der Waals surface area contributed by atoms with Gasteiger partial charge >= 0.3 is 0 Å². The van der Waals surface area contributed by atoms with E-state index >= 15 is 0 Å². The summed E-state index contributed by atoms with van der Waals surface area (Å²) in [4.78, 5) is 0. The van der Waals surface area contributed by atoms with Gasteiger partial charge < -0.3 is 0 Å². The summed E-state index contributed by atoms with van der Waals surface area (Å²) >= 11 is 0. The topological polar surface area (TPSA) is 0 Å². The van der Waals surface area contributed by atoms with Crippen molar-refractivity contribution in [3.63, 3.8) is 0 Å². The molecule has 0 radical (unpaired) electrons. The number of rotatable bonds is 4. The van der Waals surface area contributed by atoms with Crippen LogP contribution >= 0.6 is 0 Å². The van der Waals surface area contributed by atoms with Gasteiger partial charge in [-0.1, -0.05) is 40.5 Å². The van der Waals surface area contributed by atoms with Crippen LogP contribution in [0.5, 0.6) is 0 Å². The highest BCUT2D eigenvalue weighted by atomic mass is 14.3. The van der Waals surface area contributed by atoms with E-state index in [1.807, 2.05) is 0 Å². The Morgan fingerprint density at radius 3 is 1.54 bits per heavy atom. The molecule has 0 aromatic carbocycles. The summed E-state index contributed by atoms with van der Waals surface area (Å²) in [5.74, 6) is 3.93. The summed E-state index contributed by atoms with van der Waals surface area (Å²) in [6, 6.07) is 0. The normalized spacial score (nSPS) is 29.1. The van der Waals surface area contributed by atoms with Gasteiger partial charge in [0.1, 0.15) is 0 Å². The van der Waals surface area contributed by atoms with E-state index in [0.717, 1.165) is 23.7 Å². The van der Waals surface area contributed by atoms with Crippen molar-refractivity contribution in [2.75, 3.05) is 0 Å². The molecule has 0 heteroatoms.